The van der Waals surface area contributed by atoms with Crippen LogP contribution in [0, 0.1) is 0 Å². The Kier molecular flexibility index (Phi) is 3.62. The summed E-state index contributed by atoms with van der Waals surface area (Å²) in [5.41, 5.74) is 4.29. The lowest BCUT2D eigenvalue weighted by Crippen LogP contribution is -1.90. The Morgan fingerprint density at radius 1 is 1.12 bits per heavy atom. The van der Waals surface area contributed by atoms with E-state index in [9.17, 15) is 5.11 Å². The summed E-state index contributed by atoms with van der Waals surface area (Å²) in [6, 6.07) is 14.2. The zero-order chi connectivity index (χ0) is 12.1. The number of para-hydroxylation sites is 1. The molecule has 17 heavy (non-hydrogen) atoms. The molecule has 0 fully saturated rings. The molecule has 2 rings (SSSR count). The van der Waals surface area contributed by atoms with E-state index in [1.54, 1.807) is 36.5 Å². The smallest absolute Gasteiger partial charge is 0.124 e. The molecule has 0 bridgehead atoms. The molecule has 86 valence electrons. The van der Waals surface area contributed by atoms with E-state index in [-0.39, 0.29) is 5.75 Å². The highest BCUT2D eigenvalue weighted by Gasteiger charge is 1.94. The van der Waals surface area contributed by atoms with Crippen molar-refractivity contribution in [1.82, 2.24) is 0 Å². The number of nitrogens with one attached hydrogen (secondary N) is 1. The first kappa shape index (κ1) is 11.5. The van der Waals surface area contributed by atoms with Crippen LogP contribution < -0.4 is 5.43 Å². The molecule has 0 aliphatic heterocycles. The average molecular weight is 247 g/mol. The molecular weight excluding hydrogens is 236 g/mol. The van der Waals surface area contributed by atoms with Gasteiger partial charge in [0.2, 0.25) is 0 Å². The second-order valence-electron chi connectivity index (χ2n) is 3.44. The minimum absolute atomic E-state index is 0.198. The van der Waals surface area contributed by atoms with Crippen molar-refractivity contribution in [1.29, 1.82) is 0 Å². The molecule has 3 nitrogen and oxygen atoms in total. The topological polar surface area (TPSA) is 44.6 Å². The summed E-state index contributed by atoms with van der Waals surface area (Å²) < 4.78 is 0. The van der Waals surface area contributed by atoms with Crippen molar-refractivity contribution in [2.24, 2.45) is 5.10 Å². The summed E-state index contributed by atoms with van der Waals surface area (Å²) in [7, 11) is 0. The number of phenols is 1. The van der Waals surface area contributed by atoms with Gasteiger partial charge in [0.1, 0.15) is 5.75 Å². The molecule has 0 unspecified atom stereocenters. The summed E-state index contributed by atoms with van der Waals surface area (Å²) >= 11 is 5.83. The van der Waals surface area contributed by atoms with Crippen molar-refractivity contribution in [3.05, 3.63) is 59.1 Å². The number of hydrogen-bond donors (Lipinski definition) is 2. The fraction of sp³-hybridized carbons (Fsp3) is 0. The highest BCUT2D eigenvalue weighted by molar-refractivity contribution is 6.30. The summed E-state index contributed by atoms with van der Waals surface area (Å²) in [4.78, 5) is 0. The predicted octanol–water partition coefficient (Wildman–Crippen LogP) is 3.49. The molecule has 4 heteroatoms. The first-order valence-corrected chi connectivity index (χ1v) is 5.46. The molecule has 0 aliphatic carbocycles. The van der Waals surface area contributed by atoms with Crippen LogP contribution in [0.5, 0.6) is 5.75 Å². The van der Waals surface area contributed by atoms with Crippen LogP contribution in [0.3, 0.4) is 0 Å². The summed E-state index contributed by atoms with van der Waals surface area (Å²) in [6.45, 7) is 0. The zero-order valence-electron chi connectivity index (χ0n) is 8.97. The predicted molar refractivity (Wildman–Crippen MR) is 70.8 cm³/mol. The number of anilines is 1. The molecule has 2 N–H and O–H groups in total. The summed E-state index contributed by atoms with van der Waals surface area (Å²) in [6.07, 6.45) is 1.55. The lowest BCUT2D eigenvalue weighted by atomic mass is 10.2. The summed E-state index contributed by atoms with van der Waals surface area (Å²) in [5, 5.41) is 14.2. The van der Waals surface area contributed by atoms with E-state index >= 15 is 0 Å². The van der Waals surface area contributed by atoms with Gasteiger partial charge in [-0.15, -0.1) is 0 Å². The van der Waals surface area contributed by atoms with Crippen molar-refractivity contribution in [2.75, 3.05) is 5.43 Å². The number of halogens is 1. The number of nitrogens with zero attached hydrogens (tertiary/aromatic N) is 1. The first-order valence-electron chi connectivity index (χ1n) is 5.08. The normalized spacial score (nSPS) is 10.6. The molecule has 0 aliphatic rings. The molecular formula is C13H11ClN2O. The zero-order valence-corrected chi connectivity index (χ0v) is 9.72. The third kappa shape index (κ3) is 3.23. The Balaban J connectivity index is 2.06. The standard InChI is InChI=1S/C13H11ClN2O/c14-11-5-3-6-12(8-11)16-15-9-10-4-1-2-7-13(10)17/h1-9,16-17H/b15-9+. The van der Waals surface area contributed by atoms with Crippen molar-refractivity contribution >= 4 is 23.5 Å². The second-order valence-corrected chi connectivity index (χ2v) is 3.88. The van der Waals surface area contributed by atoms with Crippen LogP contribution in [-0.4, -0.2) is 11.3 Å². The number of benzene rings is 2. The third-order valence-electron chi connectivity index (χ3n) is 2.16. The molecule has 0 heterocycles. The van der Waals surface area contributed by atoms with Gasteiger partial charge in [0.15, 0.2) is 0 Å². The number of hydrazone groups is 1. The van der Waals surface area contributed by atoms with Gasteiger partial charge in [0.25, 0.3) is 0 Å². The van der Waals surface area contributed by atoms with Gasteiger partial charge in [-0.1, -0.05) is 29.8 Å². The van der Waals surface area contributed by atoms with Crippen LogP contribution in [0.15, 0.2) is 53.6 Å². The van der Waals surface area contributed by atoms with Gasteiger partial charge in [-0.05, 0) is 30.3 Å². The quantitative estimate of drug-likeness (QED) is 0.643. The van der Waals surface area contributed by atoms with Gasteiger partial charge in [-0.3, -0.25) is 5.43 Å². The number of phenolic OH excluding ortho intramolecular Hbond substituents is 1. The molecule has 2 aromatic rings. The minimum atomic E-state index is 0.198. The Bertz CT molecular complexity index is 540. The lowest BCUT2D eigenvalue weighted by Gasteiger charge is -2.00. The van der Waals surface area contributed by atoms with Crippen LogP contribution in [0.25, 0.3) is 0 Å². The van der Waals surface area contributed by atoms with Crippen LogP contribution in [0.1, 0.15) is 5.56 Å². The van der Waals surface area contributed by atoms with Gasteiger partial charge in [-0.2, -0.15) is 5.10 Å². The van der Waals surface area contributed by atoms with Gasteiger partial charge in [-0.25, -0.2) is 0 Å². The van der Waals surface area contributed by atoms with E-state index in [0.717, 1.165) is 5.69 Å². The summed E-state index contributed by atoms with van der Waals surface area (Å²) in [5.74, 6) is 0.198. The van der Waals surface area contributed by atoms with E-state index in [0.29, 0.717) is 10.6 Å². The maximum atomic E-state index is 9.51. The molecule has 0 aromatic heterocycles. The Morgan fingerprint density at radius 3 is 2.71 bits per heavy atom. The highest BCUT2D eigenvalue weighted by Crippen LogP contribution is 2.15. The monoisotopic (exact) mass is 246 g/mol. The van der Waals surface area contributed by atoms with Crippen LogP contribution >= 0.6 is 11.6 Å². The van der Waals surface area contributed by atoms with E-state index in [2.05, 4.69) is 10.5 Å². The third-order valence-corrected chi connectivity index (χ3v) is 2.39. The van der Waals surface area contributed by atoms with Crippen molar-refractivity contribution < 1.29 is 5.11 Å². The van der Waals surface area contributed by atoms with E-state index in [1.807, 2.05) is 18.2 Å². The lowest BCUT2D eigenvalue weighted by molar-refractivity contribution is 0.474. The van der Waals surface area contributed by atoms with Crippen molar-refractivity contribution in [3.8, 4) is 5.75 Å². The number of rotatable bonds is 3. The number of aromatic hydroxyl groups is 1. The van der Waals surface area contributed by atoms with Gasteiger partial charge in [0.05, 0.1) is 11.9 Å². The van der Waals surface area contributed by atoms with Crippen molar-refractivity contribution in [2.45, 2.75) is 0 Å². The molecule has 0 saturated heterocycles. The maximum Gasteiger partial charge on any atom is 0.124 e. The largest absolute Gasteiger partial charge is 0.507 e. The molecule has 0 spiro atoms. The molecule has 0 amide bonds. The molecule has 2 aromatic carbocycles. The van der Waals surface area contributed by atoms with E-state index in [1.165, 1.54) is 0 Å². The van der Waals surface area contributed by atoms with E-state index in [4.69, 9.17) is 11.6 Å². The Labute approximate surface area is 104 Å². The average Bonchev–Trinajstić information content (AvgIpc) is 2.32. The molecule has 0 atom stereocenters. The second kappa shape index (κ2) is 5.37. The highest BCUT2D eigenvalue weighted by atomic mass is 35.5. The first-order chi connectivity index (χ1) is 8.25. The Hall–Kier alpha value is -2.00. The minimum Gasteiger partial charge on any atom is -0.507 e. The fourth-order valence-corrected chi connectivity index (χ4v) is 1.52. The van der Waals surface area contributed by atoms with Gasteiger partial charge < -0.3 is 5.11 Å². The number of hydrogen-bond acceptors (Lipinski definition) is 3. The van der Waals surface area contributed by atoms with Gasteiger partial charge >= 0.3 is 0 Å². The van der Waals surface area contributed by atoms with Crippen molar-refractivity contribution in [3.63, 3.8) is 0 Å². The van der Waals surface area contributed by atoms with Crippen LogP contribution in [0.2, 0.25) is 5.02 Å². The maximum absolute atomic E-state index is 9.51. The Morgan fingerprint density at radius 2 is 1.94 bits per heavy atom. The molecule has 0 radical (unpaired) electrons. The van der Waals surface area contributed by atoms with Crippen LogP contribution in [-0.2, 0) is 0 Å². The van der Waals surface area contributed by atoms with E-state index < -0.39 is 0 Å². The fourth-order valence-electron chi connectivity index (χ4n) is 1.33. The molecule has 0 saturated carbocycles. The van der Waals surface area contributed by atoms with Crippen LogP contribution in [0.4, 0.5) is 5.69 Å². The van der Waals surface area contributed by atoms with Gasteiger partial charge in [0, 0.05) is 10.6 Å². The SMILES string of the molecule is Oc1ccccc1/C=N/Nc1cccc(Cl)c1.